The van der Waals surface area contributed by atoms with Crippen LogP contribution in [-0.4, -0.2) is 10.1 Å². The number of aliphatic hydroxyl groups excluding tert-OH is 1. The van der Waals surface area contributed by atoms with Gasteiger partial charge >= 0.3 is 6.18 Å². The first-order valence-electron chi connectivity index (χ1n) is 7.91. The van der Waals surface area contributed by atoms with E-state index in [1.54, 1.807) is 6.07 Å². The van der Waals surface area contributed by atoms with Gasteiger partial charge in [-0.25, -0.2) is 4.98 Å². The SMILES string of the molecule is N#Cc1ccc(OCc2sc(-c3ccc(C(F)(F)F)cc3)nc2CO)cc1Cl. The number of hydrogen-bond acceptors (Lipinski definition) is 5. The predicted molar refractivity (Wildman–Crippen MR) is 99.0 cm³/mol. The molecule has 0 unspecified atom stereocenters. The fraction of sp³-hybridized carbons (Fsp3) is 0.158. The Kier molecular flexibility index (Phi) is 5.89. The van der Waals surface area contributed by atoms with Crippen molar-refractivity contribution < 1.29 is 23.0 Å². The average molecular weight is 425 g/mol. The lowest BCUT2D eigenvalue weighted by atomic mass is 10.1. The molecule has 1 N–H and O–H groups in total. The summed E-state index contributed by atoms with van der Waals surface area (Å²) in [7, 11) is 0. The molecule has 0 amide bonds. The molecule has 2 aromatic carbocycles. The Balaban J connectivity index is 1.79. The van der Waals surface area contributed by atoms with Gasteiger partial charge in [0.05, 0.1) is 33.3 Å². The average Bonchev–Trinajstić information content (AvgIpc) is 3.09. The summed E-state index contributed by atoms with van der Waals surface area (Å²) in [6.07, 6.45) is -4.40. The first-order chi connectivity index (χ1) is 13.3. The molecule has 3 rings (SSSR count). The highest BCUT2D eigenvalue weighted by molar-refractivity contribution is 7.15. The summed E-state index contributed by atoms with van der Waals surface area (Å²) in [5, 5.41) is 19.1. The zero-order valence-electron chi connectivity index (χ0n) is 14.1. The number of aliphatic hydroxyl groups is 1. The molecule has 0 radical (unpaired) electrons. The third-order valence-corrected chi connectivity index (χ3v) is 5.25. The third kappa shape index (κ3) is 4.44. The third-order valence-electron chi connectivity index (χ3n) is 3.82. The maximum Gasteiger partial charge on any atom is 0.416 e. The molecule has 0 spiro atoms. The molecule has 0 aliphatic heterocycles. The van der Waals surface area contributed by atoms with Gasteiger partial charge in [0, 0.05) is 11.6 Å². The standard InChI is InChI=1S/C19H12ClF3N2O2S/c20-15-7-14(6-3-12(15)8-24)27-10-17-16(9-26)25-18(28-17)11-1-4-13(5-2-11)19(21,22)23/h1-7,26H,9-10H2. The minimum Gasteiger partial charge on any atom is -0.488 e. The summed E-state index contributed by atoms with van der Waals surface area (Å²) in [6.45, 7) is -0.236. The van der Waals surface area contributed by atoms with Gasteiger partial charge in [-0.2, -0.15) is 18.4 Å². The number of thiazole rings is 1. The normalized spacial score (nSPS) is 11.3. The van der Waals surface area contributed by atoms with Crippen molar-refractivity contribution in [2.75, 3.05) is 0 Å². The smallest absolute Gasteiger partial charge is 0.416 e. The van der Waals surface area contributed by atoms with Crippen LogP contribution in [0.2, 0.25) is 5.02 Å². The molecule has 4 nitrogen and oxygen atoms in total. The van der Waals surface area contributed by atoms with Gasteiger partial charge in [0.15, 0.2) is 0 Å². The summed E-state index contributed by atoms with van der Waals surface area (Å²) in [6, 6.07) is 11.3. The molecule has 1 heterocycles. The topological polar surface area (TPSA) is 66.1 Å². The zero-order valence-corrected chi connectivity index (χ0v) is 15.7. The number of ether oxygens (including phenoxy) is 1. The number of hydrogen-bond donors (Lipinski definition) is 1. The fourth-order valence-corrected chi connectivity index (χ4v) is 3.57. The van der Waals surface area contributed by atoms with E-state index < -0.39 is 11.7 Å². The van der Waals surface area contributed by atoms with E-state index in [9.17, 15) is 18.3 Å². The maximum absolute atomic E-state index is 12.7. The monoisotopic (exact) mass is 424 g/mol. The molecule has 0 saturated heterocycles. The van der Waals surface area contributed by atoms with Crippen molar-refractivity contribution in [2.24, 2.45) is 0 Å². The van der Waals surface area contributed by atoms with Crippen LogP contribution in [0.1, 0.15) is 21.7 Å². The molecule has 0 aliphatic carbocycles. The Morgan fingerprint density at radius 1 is 1.18 bits per heavy atom. The first-order valence-corrected chi connectivity index (χ1v) is 9.10. The van der Waals surface area contributed by atoms with E-state index >= 15 is 0 Å². The van der Waals surface area contributed by atoms with Gasteiger partial charge in [0.2, 0.25) is 0 Å². The molecule has 1 aromatic heterocycles. The summed E-state index contributed by atoms with van der Waals surface area (Å²) in [4.78, 5) is 4.92. The van der Waals surface area contributed by atoms with Crippen molar-refractivity contribution in [3.8, 4) is 22.4 Å². The van der Waals surface area contributed by atoms with E-state index in [0.29, 0.717) is 32.5 Å². The van der Waals surface area contributed by atoms with Crippen LogP contribution in [0.3, 0.4) is 0 Å². The second-order valence-electron chi connectivity index (χ2n) is 5.66. The van der Waals surface area contributed by atoms with Gasteiger partial charge in [-0.05, 0) is 24.3 Å². The number of alkyl halides is 3. The van der Waals surface area contributed by atoms with Gasteiger partial charge in [0.1, 0.15) is 23.4 Å². The number of halogens is 4. The minimum absolute atomic E-state index is 0.0937. The minimum atomic E-state index is -4.40. The predicted octanol–water partition coefficient (Wildman–Crippen LogP) is 5.43. The Labute approximate surface area is 167 Å². The van der Waals surface area contributed by atoms with E-state index in [0.717, 1.165) is 12.1 Å². The van der Waals surface area contributed by atoms with E-state index in [1.807, 2.05) is 6.07 Å². The van der Waals surface area contributed by atoms with Gasteiger partial charge in [-0.15, -0.1) is 11.3 Å². The molecule has 0 atom stereocenters. The molecule has 0 fully saturated rings. The van der Waals surface area contributed by atoms with Crippen LogP contribution >= 0.6 is 22.9 Å². The van der Waals surface area contributed by atoms with Crippen molar-refractivity contribution in [2.45, 2.75) is 19.4 Å². The summed E-state index contributed by atoms with van der Waals surface area (Å²) in [5.41, 5.74) is 0.490. The fourth-order valence-electron chi connectivity index (χ4n) is 2.37. The lowest BCUT2D eigenvalue weighted by molar-refractivity contribution is -0.137. The number of rotatable bonds is 5. The Hall–Kier alpha value is -2.60. The quantitative estimate of drug-likeness (QED) is 0.593. The van der Waals surface area contributed by atoms with Crippen molar-refractivity contribution in [1.82, 2.24) is 4.98 Å². The van der Waals surface area contributed by atoms with E-state index in [2.05, 4.69) is 4.98 Å². The van der Waals surface area contributed by atoms with Crippen molar-refractivity contribution in [3.63, 3.8) is 0 Å². The lowest BCUT2D eigenvalue weighted by Crippen LogP contribution is -2.03. The van der Waals surface area contributed by atoms with Crippen LogP contribution in [-0.2, 0) is 19.4 Å². The second-order valence-corrected chi connectivity index (χ2v) is 7.16. The molecule has 3 aromatic rings. The van der Waals surface area contributed by atoms with E-state index in [1.165, 1.54) is 35.6 Å². The van der Waals surface area contributed by atoms with Gasteiger partial charge in [-0.1, -0.05) is 23.7 Å². The maximum atomic E-state index is 12.7. The van der Waals surface area contributed by atoms with Crippen LogP contribution in [0.5, 0.6) is 5.75 Å². The summed E-state index contributed by atoms with van der Waals surface area (Å²) in [5.74, 6) is 0.442. The molecule has 0 saturated carbocycles. The number of benzene rings is 2. The van der Waals surface area contributed by atoms with Crippen molar-refractivity contribution >= 4 is 22.9 Å². The summed E-state index contributed by atoms with van der Waals surface area (Å²) >= 11 is 7.19. The Bertz CT molecular complexity index is 1030. The second kappa shape index (κ2) is 8.19. The highest BCUT2D eigenvalue weighted by atomic mass is 35.5. The van der Waals surface area contributed by atoms with Crippen LogP contribution < -0.4 is 4.74 Å². The highest BCUT2D eigenvalue weighted by Gasteiger charge is 2.30. The molecule has 9 heteroatoms. The first kappa shape index (κ1) is 20.1. The van der Waals surface area contributed by atoms with Gasteiger partial charge in [-0.3, -0.25) is 0 Å². The van der Waals surface area contributed by atoms with Crippen LogP contribution in [0, 0.1) is 11.3 Å². The summed E-state index contributed by atoms with van der Waals surface area (Å²) < 4.78 is 43.7. The molecule has 0 aliphatic rings. The number of nitriles is 1. The van der Waals surface area contributed by atoms with Crippen molar-refractivity contribution in [1.29, 1.82) is 5.26 Å². The van der Waals surface area contributed by atoms with Crippen LogP contribution in [0.4, 0.5) is 13.2 Å². The highest BCUT2D eigenvalue weighted by Crippen LogP contribution is 2.33. The largest absolute Gasteiger partial charge is 0.488 e. The Morgan fingerprint density at radius 2 is 1.89 bits per heavy atom. The van der Waals surface area contributed by atoms with E-state index in [-0.39, 0.29) is 18.2 Å². The molecule has 144 valence electrons. The zero-order chi connectivity index (χ0) is 20.3. The molecule has 28 heavy (non-hydrogen) atoms. The van der Waals surface area contributed by atoms with Crippen LogP contribution in [0.15, 0.2) is 42.5 Å². The van der Waals surface area contributed by atoms with Crippen molar-refractivity contribution in [3.05, 3.63) is 69.2 Å². The molecular formula is C19H12ClF3N2O2S. The Morgan fingerprint density at radius 3 is 2.46 bits per heavy atom. The lowest BCUT2D eigenvalue weighted by Gasteiger charge is -2.06. The van der Waals surface area contributed by atoms with Gasteiger partial charge < -0.3 is 9.84 Å². The van der Waals surface area contributed by atoms with Crippen LogP contribution in [0.25, 0.3) is 10.6 Å². The van der Waals surface area contributed by atoms with E-state index in [4.69, 9.17) is 21.6 Å². The molecule has 0 bridgehead atoms. The number of aromatic nitrogens is 1. The van der Waals surface area contributed by atoms with Gasteiger partial charge in [0.25, 0.3) is 0 Å². The number of nitrogens with zero attached hydrogens (tertiary/aromatic N) is 2. The molecular weight excluding hydrogens is 413 g/mol.